The first-order valence-corrected chi connectivity index (χ1v) is 10.8. The van der Waals surface area contributed by atoms with E-state index in [1.165, 1.54) is 0 Å². The van der Waals surface area contributed by atoms with E-state index in [9.17, 15) is 4.79 Å². The molecular formula is C22H24N10O2. The number of primary amides is 1. The van der Waals surface area contributed by atoms with Crippen molar-refractivity contribution < 1.29 is 9.53 Å². The van der Waals surface area contributed by atoms with E-state index in [0.717, 1.165) is 24.5 Å². The lowest BCUT2D eigenvalue weighted by Gasteiger charge is -2.29. The highest BCUT2D eigenvalue weighted by Gasteiger charge is 2.21. The Labute approximate surface area is 195 Å². The number of morpholine rings is 1. The third-order valence-corrected chi connectivity index (χ3v) is 5.63. The molecule has 1 aliphatic heterocycles. The number of imidazole rings is 1. The van der Waals surface area contributed by atoms with Crippen LogP contribution < -0.4 is 21.3 Å². The van der Waals surface area contributed by atoms with Crippen molar-refractivity contribution in [3.05, 3.63) is 42.5 Å². The second-order valence-electron chi connectivity index (χ2n) is 7.79. The topological polar surface area (TPSA) is 149 Å². The van der Waals surface area contributed by atoms with Crippen molar-refractivity contribution in [2.75, 3.05) is 48.9 Å². The van der Waals surface area contributed by atoms with Crippen LogP contribution in [0.1, 0.15) is 10.5 Å². The molecule has 5 rings (SSSR count). The van der Waals surface area contributed by atoms with Crippen LogP contribution in [0.4, 0.5) is 23.0 Å². The Kier molecular flexibility index (Phi) is 5.64. The number of anilines is 4. The summed E-state index contributed by atoms with van der Waals surface area (Å²) < 4.78 is 7.17. The van der Waals surface area contributed by atoms with E-state index in [2.05, 4.69) is 40.7 Å². The second kappa shape index (κ2) is 8.90. The van der Waals surface area contributed by atoms with Gasteiger partial charge in [-0.2, -0.15) is 5.10 Å². The zero-order valence-corrected chi connectivity index (χ0v) is 18.8. The Morgan fingerprint density at radius 2 is 1.88 bits per heavy atom. The third-order valence-electron chi connectivity index (χ3n) is 5.63. The molecule has 3 aromatic heterocycles. The fourth-order valence-electron chi connectivity index (χ4n) is 3.88. The zero-order valence-electron chi connectivity index (χ0n) is 18.8. The van der Waals surface area contributed by atoms with E-state index >= 15 is 0 Å². The first kappa shape index (κ1) is 21.5. The number of hydrogen-bond acceptors (Lipinski definition) is 10. The molecule has 34 heavy (non-hydrogen) atoms. The third kappa shape index (κ3) is 3.94. The average Bonchev–Trinajstić information content (AvgIpc) is 3.25. The van der Waals surface area contributed by atoms with Gasteiger partial charge < -0.3 is 30.6 Å². The molecule has 12 heteroatoms. The largest absolute Gasteiger partial charge is 0.378 e. The molecule has 4 aromatic rings. The van der Waals surface area contributed by atoms with Gasteiger partial charge in [-0.25, -0.2) is 15.0 Å². The minimum absolute atomic E-state index is 0.00662. The van der Waals surface area contributed by atoms with E-state index in [1.807, 2.05) is 31.3 Å². The number of rotatable bonds is 6. The van der Waals surface area contributed by atoms with Gasteiger partial charge in [-0.3, -0.25) is 4.79 Å². The Bertz CT molecular complexity index is 1350. The number of nitrogens with one attached hydrogen (secondary N) is 2. The standard InChI is InChI=1S/C22H24N10O2/c1-24-20-16(15-11-26-30-22-17(15)25-12-31(22)2)28-18(19(23)33)21(29-20)27-13-3-5-14(6-4-13)32-7-9-34-10-8-32/h3-6,11-12H,7-10H2,1-2H3,(H2,23,33)(H2,24,27,29). The maximum Gasteiger partial charge on any atom is 0.271 e. The van der Waals surface area contributed by atoms with Gasteiger partial charge >= 0.3 is 0 Å². The summed E-state index contributed by atoms with van der Waals surface area (Å²) in [4.78, 5) is 28.2. The minimum Gasteiger partial charge on any atom is -0.378 e. The van der Waals surface area contributed by atoms with Crippen LogP contribution in [0.15, 0.2) is 36.8 Å². The molecule has 12 nitrogen and oxygen atoms in total. The van der Waals surface area contributed by atoms with Crippen molar-refractivity contribution in [3.63, 3.8) is 0 Å². The SMILES string of the molecule is CNc1nc(Nc2ccc(N3CCOCC3)cc2)c(C(N)=O)nc1-c1cnnc2c1ncn2C. The molecule has 1 saturated heterocycles. The highest BCUT2D eigenvalue weighted by Crippen LogP contribution is 2.32. The number of hydrogen-bond donors (Lipinski definition) is 3. The number of nitrogens with two attached hydrogens (primary N) is 1. The van der Waals surface area contributed by atoms with Gasteiger partial charge in [0.15, 0.2) is 23.0 Å². The molecular weight excluding hydrogens is 436 g/mol. The van der Waals surface area contributed by atoms with Gasteiger partial charge in [-0.05, 0) is 24.3 Å². The summed E-state index contributed by atoms with van der Waals surface area (Å²) in [5.74, 6) is -0.0143. The summed E-state index contributed by atoms with van der Waals surface area (Å²) in [6.45, 7) is 3.14. The van der Waals surface area contributed by atoms with Crippen molar-refractivity contribution in [2.24, 2.45) is 12.8 Å². The summed E-state index contributed by atoms with van der Waals surface area (Å²) in [5.41, 5.74) is 9.72. The number of aromatic nitrogens is 6. The zero-order chi connectivity index (χ0) is 23.7. The fraction of sp³-hybridized carbons (Fsp3) is 0.273. The molecule has 0 aliphatic carbocycles. The molecule has 4 N–H and O–H groups in total. The molecule has 4 heterocycles. The van der Waals surface area contributed by atoms with Crippen LogP contribution in [0.25, 0.3) is 22.4 Å². The van der Waals surface area contributed by atoms with Gasteiger partial charge in [0.2, 0.25) is 0 Å². The Morgan fingerprint density at radius 3 is 2.59 bits per heavy atom. The lowest BCUT2D eigenvalue weighted by molar-refractivity contribution is 0.0996. The predicted molar refractivity (Wildman–Crippen MR) is 128 cm³/mol. The number of fused-ring (bicyclic) bond motifs is 1. The van der Waals surface area contributed by atoms with Crippen LogP contribution in [0.5, 0.6) is 0 Å². The van der Waals surface area contributed by atoms with E-state index in [0.29, 0.717) is 41.5 Å². The van der Waals surface area contributed by atoms with Gasteiger partial charge in [-0.1, -0.05) is 0 Å². The second-order valence-corrected chi connectivity index (χ2v) is 7.79. The first-order valence-electron chi connectivity index (χ1n) is 10.8. The number of carbonyl (C=O) groups excluding carboxylic acids is 1. The Hall–Kier alpha value is -4.32. The van der Waals surface area contributed by atoms with Gasteiger partial charge in [0.1, 0.15) is 11.2 Å². The van der Waals surface area contributed by atoms with Crippen LogP contribution >= 0.6 is 0 Å². The van der Waals surface area contributed by atoms with Crippen molar-refractivity contribution >= 4 is 40.1 Å². The molecule has 1 amide bonds. The van der Waals surface area contributed by atoms with Crippen molar-refractivity contribution in [3.8, 4) is 11.3 Å². The van der Waals surface area contributed by atoms with E-state index in [4.69, 9.17) is 10.5 Å². The number of amides is 1. The normalized spacial score (nSPS) is 13.8. The fourth-order valence-corrected chi connectivity index (χ4v) is 3.88. The minimum atomic E-state index is -0.705. The molecule has 1 aliphatic rings. The molecule has 0 bridgehead atoms. The van der Waals surface area contributed by atoms with Crippen molar-refractivity contribution in [2.45, 2.75) is 0 Å². The highest BCUT2D eigenvalue weighted by atomic mass is 16.5. The van der Waals surface area contributed by atoms with Gasteiger partial charge in [0.25, 0.3) is 5.91 Å². The average molecular weight is 461 g/mol. The van der Waals surface area contributed by atoms with E-state index in [1.54, 1.807) is 24.1 Å². The van der Waals surface area contributed by atoms with Crippen LogP contribution in [0.2, 0.25) is 0 Å². The van der Waals surface area contributed by atoms with Gasteiger partial charge in [-0.15, -0.1) is 5.10 Å². The lowest BCUT2D eigenvalue weighted by atomic mass is 10.1. The number of aryl methyl sites for hydroxylation is 1. The highest BCUT2D eigenvalue weighted by molar-refractivity contribution is 5.99. The van der Waals surface area contributed by atoms with Gasteiger partial charge in [0, 0.05) is 38.6 Å². The molecule has 1 fully saturated rings. The number of benzene rings is 1. The van der Waals surface area contributed by atoms with Crippen LogP contribution in [-0.2, 0) is 11.8 Å². The molecule has 1 aromatic carbocycles. The molecule has 0 saturated carbocycles. The van der Waals surface area contributed by atoms with Crippen LogP contribution in [0.3, 0.4) is 0 Å². The maximum absolute atomic E-state index is 12.3. The molecule has 0 radical (unpaired) electrons. The van der Waals surface area contributed by atoms with Crippen LogP contribution in [0, 0.1) is 0 Å². The molecule has 0 atom stereocenters. The number of nitrogens with zero attached hydrogens (tertiary/aromatic N) is 7. The summed E-state index contributed by atoms with van der Waals surface area (Å²) in [7, 11) is 3.55. The summed E-state index contributed by atoms with van der Waals surface area (Å²) >= 11 is 0. The molecule has 0 spiro atoms. The van der Waals surface area contributed by atoms with Crippen LogP contribution in [-0.4, -0.2) is 69.0 Å². The number of ether oxygens (including phenoxy) is 1. The quantitative estimate of drug-likeness (QED) is 0.387. The maximum atomic E-state index is 12.3. The monoisotopic (exact) mass is 460 g/mol. The number of carbonyl (C=O) groups is 1. The van der Waals surface area contributed by atoms with Crippen molar-refractivity contribution in [1.29, 1.82) is 0 Å². The smallest absolute Gasteiger partial charge is 0.271 e. The van der Waals surface area contributed by atoms with E-state index < -0.39 is 5.91 Å². The molecule has 174 valence electrons. The summed E-state index contributed by atoms with van der Waals surface area (Å²) in [5, 5.41) is 14.4. The van der Waals surface area contributed by atoms with Crippen molar-refractivity contribution in [1.82, 2.24) is 29.7 Å². The first-order chi connectivity index (χ1) is 16.5. The molecule has 0 unspecified atom stereocenters. The Balaban J connectivity index is 1.51. The van der Waals surface area contributed by atoms with Gasteiger partial charge in [0.05, 0.1) is 31.3 Å². The predicted octanol–water partition coefficient (Wildman–Crippen LogP) is 1.54. The Morgan fingerprint density at radius 1 is 1.12 bits per heavy atom. The summed E-state index contributed by atoms with van der Waals surface area (Å²) in [6.07, 6.45) is 3.18. The lowest BCUT2D eigenvalue weighted by Crippen LogP contribution is -2.36. The summed E-state index contributed by atoms with van der Waals surface area (Å²) in [6, 6.07) is 7.88. The van der Waals surface area contributed by atoms with E-state index in [-0.39, 0.29) is 11.5 Å².